The highest BCUT2D eigenvalue weighted by Gasteiger charge is 2.12. The Labute approximate surface area is 203 Å². The second kappa shape index (κ2) is 12.3. The Morgan fingerprint density at radius 2 is 2.00 bits per heavy atom. The first-order valence-corrected chi connectivity index (χ1v) is 11.6. The van der Waals surface area contributed by atoms with Gasteiger partial charge >= 0.3 is 0 Å². The molecule has 1 amide bonds. The summed E-state index contributed by atoms with van der Waals surface area (Å²) in [7, 11) is 0. The summed E-state index contributed by atoms with van der Waals surface area (Å²) < 4.78 is 10.9. The Morgan fingerprint density at radius 1 is 1.18 bits per heavy atom. The van der Waals surface area contributed by atoms with Crippen LogP contribution in [0.5, 0.6) is 5.88 Å². The normalized spacial score (nSPS) is 11.0. The maximum absolute atomic E-state index is 12.4. The third-order valence-electron chi connectivity index (χ3n) is 4.94. The molecule has 2 heterocycles. The van der Waals surface area contributed by atoms with Crippen LogP contribution in [0.3, 0.4) is 0 Å². The van der Waals surface area contributed by atoms with Gasteiger partial charge in [-0.2, -0.15) is 0 Å². The third-order valence-corrected chi connectivity index (χ3v) is 5.27. The van der Waals surface area contributed by atoms with Crippen LogP contribution in [0.4, 0.5) is 0 Å². The number of rotatable bonds is 11. The van der Waals surface area contributed by atoms with E-state index in [4.69, 9.17) is 21.1 Å². The third kappa shape index (κ3) is 7.13. The first kappa shape index (κ1) is 25.4. The largest absolute Gasteiger partial charge is 0.478 e. The Balaban J connectivity index is 1.78. The standard InChI is InChI=1S/C25H29ClN4O4/c1-4-33-10-5-11-34-23-9-7-18(15-27-23)21-13-22(31)30-24(29-21)19-12-17(6-8-20(19)26)14-28-25(32)16(2)3/h6-9,12-13,15-16H,4-5,10-11,14H2,1-3H3,(H,28,32)(H,29,30,31). The number of hydrogen-bond acceptors (Lipinski definition) is 6. The smallest absolute Gasteiger partial charge is 0.251 e. The van der Waals surface area contributed by atoms with Crippen LogP contribution in [0.1, 0.15) is 32.8 Å². The Kier molecular flexibility index (Phi) is 9.18. The number of aromatic nitrogens is 3. The van der Waals surface area contributed by atoms with Crippen LogP contribution >= 0.6 is 11.6 Å². The zero-order valence-corrected chi connectivity index (χ0v) is 20.3. The first-order valence-electron chi connectivity index (χ1n) is 11.2. The van der Waals surface area contributed by atoms with Crippen molar-refractivity contribution in [1.82, 2.24) is 20.3 Å². The number of amides is 1. The second-order valence-electron chi connectivity index (χ2n) is 7.95. The van der Waals surface area contributed by atoms with Gasteiger partial charge in [-0.3, -0.25) is 9.59 Å². The number of hydrogen-bond donors (Lipinski definition) is 2. The van der Waals surface area contributed by atoms with Crippen molar-refractivity contribution in [2.24, 2.45) is 5.92 Å². The summed E-state index contributed by atoms with van der Waals surface area (Å²) in [6, 6.07) is 10.3. The average Bonchev–Trinajstić information content (AvgIpc) is 2.83. The Hall–Kier alpha value is -3.23. The SMILES string of the molecule is CCOCCCOc1ccc(-c2cc(=O)[nH]c(-c3cc(CNC(=O)C(C)C)ccc3Cl)n2)cn1. The van der Waals surface area contributed by atoms with Gasteiger partial charge in [0.2, 0.25) is 11.8 Å². The maximum Gasteiger partial charge on any atom is 0.251 e. The van der Waals surface area contributed by atoms with Crippen molar-refractivity contribution in [3.05, 3.63) is 63.5 Å². The van der Waals surface area contributed by atoms with E-state index in [1.807, 2.05) is 32.9 Å². The molecular formula is C25H29ClN4O4. The maximum atomic E-state index is 12.4. The number of benzene rings is 1. The minimum Gasteiger partial charge on any atom is -0.478 e. The summed E-state index contributed by atoms with van der Waals surface area (Å²) >= 11 is 6.41. The van der Waals surface area contributed by atoms with E-state index in [1.54, 1.807) is 24.4 Å². The first-order chi connectivity index (χ1) is 16.4. The molecule has 2 aromatic heterocycles. The van der Waals surface area contributed by atoms with Crippen molar-refractivity contribution in [1.29, 1.82) is 0 Å². The van der Waals surface area contributed by atoms with Gasteiger partial charge in [-0.15, -0.1) is 0 Å². The lowest BCUT2D eigenvalue weighted by Gasteiger charge is -2.11. The van der Waals surface area contributed by atoms with Gasteiger partial charge in [-0.25, -0.2) is 9.97 Å². The predicted octanol–water partition coefficient (Wildman–Crippen LogP) is 4.23. The van der Waals surface area contributed by atoms with E-state index in [-0.39, 0.29) is 17.4 Å². The molecule has 0 unspecified atom stereocenters. The van der Waals surface area contributed by atoms with Crippen LogP contribution in [0.2, 0.25) is 5.02 Å². The zero-order valence-electron chi connectivity index (χ0n) is 19.6. The number of aromatic amines is 1. The molecular weight excluding hydrogens is 456 g/mol. The van der Waals surface area contributed by atoms with Gasteiger partial charge in [-0.05, 0) is 30.7 Å². The summed E-state index contributed by atoms with van der Waals surface area (Å²) in [5, 5.41) is 3.31. The number of carbonyl (C=O) groups is 1. The number of pyridine rings is 1. The average molecular weight is 485 g/mol. The molecule has 0 aliphatic rings. The summed E-state index contributed by atoms with van der Waals surface area (Å²) in [6.45, 7) is 7.79. The number of H-pyrrole nitrogens is 1. The van der Waals surface area contributed by atoms with Gasteiger partial charge in [0.15, 0.2) is 0 Å². The van der Waals surface area contributed by atoms with Crippen LogP contribution < -0.4 is 15.6 Å². The molecule has 180 valence electrons. The molecule has 3 aromatic rings. The van der Waals surface area contributed by atoms with Crippen molar-refractivity contribution >= 4 is 17.5 Å². The van der Waals surface area contributed by atoms with Crippen LogP contribution in [-0.2, 0) is 16.1 Å². The molecule has 2 N–H and O–H groups in total. The molecule has 0 atom stereocenters. The zero-order chi connectivity index (χ0) is 24.5. The van der Waals surface area contributed by atoms with E-state index in [1.165, 1.54) is 6.07 Å². The molecule has 0 bridgehead atoms. The molecule has 0 radical (unpaired) electrons. The van der Waals surface area contributed by atoms with Crippen LogP contribution in [0.25, 0.3) is 22.6 Å². The monoisotopic (exact) mass is 484 g/mol. The van der Waals surface area contributed by atoms with Crippen LogP contribution in [0, 0.1) is 5.92 Å². The topological polar surface area (TPSA) is 106 Å². The molecule has 0 aliphatic carbocycles. The molecule has 0 saturated carbocycles. The van der Waals surface area contributed by atoms with E-state index < -0.39 is 0 Å². The van der Waals surface area contributed by atoms with Crippen molar-refractivity contribution in [2.75, 3.05) is 19.8 Å². The van der Waals surface area contributed by atoms with E-state index >= 15 is 0 Å². The molecule has 3 rings (SSSR count). The van der Waals surface area contributed by atoms with E-state index in [0.29, 0.717) is 59.9 Å². The van der Waals surface area contributed by atoms with Gasteiger partial charge in [0.25, 0.3) is 5.56 Å². The number of nitrogens with one attached hydrogen (secondary N) is 2. The molecule has 9 heteroatoms. The van der Waals surface area contributed by atoms with Crippen LogP contribution in [-0.4, -0.2) is 40.7 Å². The highest BCUT2D eigenvalue weighted by atomic mass is 35.5. The lowest BCUT2D eigenvalue weighted by atomic mass is 10.1. The minimum absolute atomic E-state index is 0.0424. The fraction of sp³-hybridized carbons (Fsp3) is 0.360. The fourth-order valence-electron chi connectivity index (χ4n) is 3.09. The van der Waals surface area contributed by atoms with Gasteiger partial charge in [0.1, 0.15) is 5.82 Å². The summed E-state index contributed by atoms with van der Waals surface area (Å²) in [4.78, 5) is 35.9. The van der Waals surface area contributed by atoms with Crippen molar-refractivity contribution < 1.29 is 14.3 Å². The lowest BCUT2D eigenvalue weighted by Crippen LogP contribution is -2.27. The molecule has 0 aliphatic heterocycles. The number of halogens is 1. The van der Waals surface area contributed by atoms with E-state index in [0.717, 1.165) is 12.0 Å². The minimum atomic E-state index is -0.314. The molecule has 0 spiro atoms. The Morgan fingerprint density at radius 3 is 2.71 bits per heavy atom. The van der Waals surface area contributed by atoms with E-state index in [9.17, 15) is 9.59 Å². The van der Waals surface area contributed by atoms with Gasteiger partial charge in [0.05, 0.1) is 17.3 Å². The van der Waals surface area contributed by atoms with E-state index in [2.05, 4.69) is 20.3 Å². The van der Waals surface area contributed by atoms with Gasteiger partial charge in [0, 0.05) is 61.6 Å². The fourth-order valence-corrected chi connectivity index (χ4v) is 3.30. The number of nitrogens with zero attached hydrogens (tertiary/aromatic N) is 2. The Bertz CT molecular complexity index is 1160. The summed E-state index contributed by atoms with van der Waals surface area (Å²) in [6.07, 6.45) is 2.39. The van der Waals surface area contributed by atoms with Crippen molar-refractivity contribution in [3.8, 4) is 28.5 Å². The molecule has 8 nitrogen and oxygen atoms in total. The predicted molar refractivity (Wildman–Crippen MR) is 132 cm³/mol. The van der Waals surface area contributed by atoms with Gasteiger partial charge in [-0.1, -0.05) is 31.5 Å². The second-order valence-corrected chi connectivity index (χ2v) is 8.36. The molecule has 34 heavy (non-hydrogen) atoms. The summed E-state index contributed by atoms with van der Waals surface area (Å²) in [5.74, 6) is 0.673. The number of carbonyl (C=O) groups excluding carboxylic acids is 1. The number of ether oxygens (including phenoxy) is 2. The highest BCUT2D eigenvalue weighted by Crippen LogP contribution is 2.27. The molecule has 1 aromatic carbocycles. The van der Waals surface area contributed by atoms with Crippen LogP contribution in [0.15, 0.2) is 47.4 Å². The molecule has 0 saturated heterocycles. The van der Waals surface area contributed by atoms with Crippen molar-refractivity contribution in [2.45, 2.75) is 33.7 Å². The van der Waals surface area contributed by atoms with Crippen molar-refractivity contribution in [3.63, 3.8) is 0 Å². The lowest BCUT2D eigenvalue weighted by molar-refractivity contribution is -0.124. The summed E-state index contributed by atoms with van der Waals surface area (Å²) in [5.41, 5.74) is 2.23. The quantitative estimate of drug-likeness (QED) is 0.394. The highest BCUT2D eigenvalue weighted by molar-refractivity contribution is 6.33. The van der Waals surface area contributed by atoms with Gasteiger partial charge < -0.3 is 19.8 Å². The molecule has 0 fully saturated rings.